The van der Waals surface area contributed by atoms with Crippen molar-refractivity contribution in [3.8, 4) is 0 Å². The van der Waals surface area contributed by atoms with Crippen molar-refractivity contribution in [1.82, 2.24) is 24.6 Å². The third-order valence-electron chi connectivity index (χ3n) is 2.80. The van der Waals surface area contributed by atoms with E-state index >= 15 is 0 Å². The monoisotopic (exact) mass is 267 g/mol. The number of hydrogen-bond donors (Lipinski definition) is 0. The molecule has 0 saturated heterocycles. The number of fused-ring (bicyclic) bond motifs is 1. The first kappa shape index (κ1) is 12.1. The highest BCUT2D eigenvalue weighted by Gasteiger charge is 2.18. The van der Waals surface area contributed by atoms with E-state index < -0.39 is 0 Å². The van der Waals surface area contributed by atoms with Gasteiger partial charge in [-0.25, -0.2) is 9.50 Å². The molecular formula is C13H9N5O2. The smallest absolute Gasteiger partial charge is 0.190 e. The van der Waals surface area contributed by atoms with E-state index in [1.165, 1.54) is 35.5 Å². The largest absolute Gasteiger partial charge is 0.294 e. The number of aromatic nitrogens is 5. The third kappa shape index (κ3) is 2.16. The van der Waals surface area contributed by atoms with E-state index in [-0.39, 0.29) is 23.7 Å². The van der Waals surface area contributed by atoms with E-state index in [0.29, 0.717) is 11.1 Å². The van der Waals surface area contributed by atoms with E-state index in [2.05, 4.69) is 20.1 Å². The molecule has 20 heavy (non-hydrogen) atoms. The summed E-state index contributed by atoms with van der Waals surface area (Å²) in [7, 11) is 0. The van der Waals surface area contributed by atoms with E-state index in [9.17, 15) is 9.59 Å². The zero-order valence-electron chi connectivity index (χ0n) is 10.3. The Kier molecular flexibility index (Phi) is 3.00. The molecule has 3 rings (SSSR count). The van der Waals surface area contributed by atoms with Crippen molar-refractivity contribution in [2.45, 2.75) is 6.42 Å². The number of hydrogen-bond acceptors (Lipinski definition) is 6. The molecule has 0 atom stereocenters. The van der Waals surface area contributed by atoms with Crippen molar-refractivity contribution in [3.63, 3.8) is 0 Å². The second-order valence-corrected chi connectivity index (χ2v) is 4.08. The van der Waals surface area contributed by atoms with Gasteiger partial charge in [0.1, 0.15) is 5.69 Å². The van der Waals surface area contributed by atoms with E-state index in [1.54, 1.807) is 12.4 Å². The van der Waals surface area contributed by atoms with Gasteiger partial charge in [0, 0.05) is 24.8 Å². The summed E-state index contributed by atoms with van der Waals surface area (Å²) in [5, 5.41) is 4.04. The molecule has 0 radical (unpaired) electrons. The fraction of sp³-hybridized carbons (Fsp3) is 0.0769. The lowest BCUT2D eigenvalue weighted by atomic mass is 10.1. The molecule has 0 amide bonds. The lowest BCUT2D eigenvalue weighted by molar-refractivity contribution is 0.0892. The number of carbonyl (C=O) groups is 2. The van der Waals surface area contributed by atoms with Crippen LogP contribution < -0.4 is 0 Å². The summed E-state index contributed by atoms with van der Waals surface area (Å²) in [6.07, 6.45) is 10.1. The van der Waals surface area contributed by atoms with Crippen molar-refractivity contribution in [2.75, 3.05) is 0 Å². The molecule has 0 saturated carbocycles. The molecule has 0 aromatic carbocycles. The van der Waals surface area contributed by atoms with Crippen molar-refractivity contribution in [1.29, 1.82) is 0 Å². The molecule has 0 aliphatic carbocycles. The van der Waals surface area contributed by atoms with Gasteiger partial charge in [0.05, 0.1) is 36.1 Å². The van der Waals surface area contributed by atoms with Crippen LogP contribution in [-0.2, 0) is 0 Å². The maximum Gasteiger partial charge on any atom is 0.190 e. The molecule has 0 bridgehead atoms. The minimum absolute atomic E-state index is 0.176. The standard InChI is InChI=1S/C13H9N5O2/c19-12(5-13(20)10-7-14-1-2-16-10)9-6-17-18-4-3-15-8-11(9)18/h1-4,6-8H,5H2. The molecule has 0 spiro atoms. The zero-order chi connectivity index (χ0) is 13.9. The summed E-state index contributed by atoms with van der Waals surface area (Å²) in [6, 6.07) is 0. The molecule has 7 heteroatoms. The van der Waals surface area contributed by atoms with Crippen molar-refractivity contribution in [3.05, 3.63) is 54.6 Å². The van der Waals surface area contributed by atoms with Gasteiger partial charge in [-0.05, 0) is 0 Å². The minimum atomic E-state index is -0.369. The summed E-state index contributed by atoms with van der Waals surface area (Å²) >= 11 is 0. The van der Waals surface area contributed by atoms with Crippen LogP contribution in [0.25, 0.3) is 5.52 Å². The quantitative estimate of drug-likeness (QED) is 0.517. The van der Waals surface area contributed by atoms with Gasteiger partial charge in [-0.15, -0.1) is 0 Å². The van der Waals surface area contributed by atoms with Gasteiger partial charge >= 0.3 is 0 Å². The Morgan fingerprint density at radius 1 is 1.00 bits per heavy atom. The highest BCUT2D eigenvalue weighted by Crippen LogP contribution is 2.12. The van der Waals surface area contributed by atoms with Gasteiger partial charge in [-0.2, -0.15) is 5.10 Å². The SMILES string of the molecule is O=C(CC(=O)c1cnn2ccncc12)c1cnccn1. The molecule has 0 N–H and O–H groups in total. The van der Waals surface area contributed by atoms with Crippen LogP contribution in [0.3, 0.4) is 0 Å². The van der Waals surface area contributed by atoms with Crippen LogP contribution in [0.15, 0.2) is 43.4 Å². The molecule has 0 fully saturated rings. The molecule has 3 heterocycles. The molecular weight excluding hydrogens is 258 g/mol. The molecule has 0 unspecified atom stereocenters. The van der Waals surface area contributed by atoms with Crippen LogP contribution in [-0.4, -0.2) is 36.1 Å². The maximum atomic E-state index is 12.2. The summed E-state index contributed by atoms with van der Waals surface area (Å²) in [4.78, 5) is 35.7. The Morgan fingerprint density at radius 2 is 1.85 bits per heavy atom. The number of nitrogens with zero attached hydrogens (tertiary/aromatic N) is 5. The maximum absolute atomic E-state index is 12.2. The van der Waals surface area contributed by atoms with Gasteiger partial charge in [-0.1, -0.05) is 0 Å². The highest BCUT2D eigenvalue weighted by molar-refractivity contribution is 6.15. The summed E-state index contributed by atoms with van der Waals surface area (Å²) in [5.74, 6) is -0.685. The first-order valence-corrected chi connectivity index (χ1v) is 5.85. The predicted octanol–water partition coefficient (Wildman–Crippen LogP) is 0.975. The molecule has 7 nitrogen and oxygen atoms in total. The Morgan fingerprint density at radius 3 is 2.65 bits per heavy atom. The van der Waals surface area contributed by atoms with Crippen molar-refractivity contribution in [2.24, 2.45) is 0 Å². The molecule has 0 aliphatic heterocycles. The first-order chi connectivity index (χ1) is 9.75. The fourth-order valence-electron chi connectivity index (χ4n) is 1.82. The Labute approximate surface area is 113 Å². The van der Waals surface area contributed by atoms with Gasteiger partial charge < -0.3 is 0 Å². The average molecular weight is 267 g/mol. The molecule has 3 aromatic rings. The van der Waals surface area contributed by atoms with Gasteiger partial charge in [0.2, 0.25) is 0 Å². The van der Waals surface area contributed by atoms with Gasteiger partial charge in [0.25, 0.3) is 0 Å². The lowest BCUT2D eigenvalue weighted by Gasteiger charge is -1.99. The summed E-state index contributed by atoms with van der Waals surface area (Å²) in [6.45, 7) is 0. The van der Waals surface area contributed by atoms with Crippen molar-refractivity contribution >= 4 is 17.1 Å². The van der Waals surface area contributed by atoms with Crippen molar-refractivity contribution < 1.29 is 9.59 Å². The van der Waals surface area contributed by atoms with Crippen LogP contribution in [0.4, 0.5) is 0 Å². The van der Waals surface area contributed by atoms with E-state index in [4.69, 9.17) is 0 Å². The normalized spacial score (nSPS) is 10.6. The topological polar surface area (TPSA) is 90.1 Å². The predicted molar refractivity (Wildman–Crippen MR) is 68.3 cm³/mol. The van der Waals surface area contributed by atoms with Crippen LogP contribution in [0.1, 0.15) is 27.3 Å². The number of carbonyl (C=O) groups excluding carboxylic acids is 2. The second kappa shape index (κ2) is 4.96. The molecule has 98 valence electrons. The minimum Gasteiger partial charge on any atom is -0.294 e. The second-order valence-electron chi connectivity index (χ2n) is 4.08. The fourth-order valence-corrected chi connectivity index (χ4v) is 1.82. The molecule has 0 aliphatic rings. The summed E-state index contributed by atoms with van der Waals surface area (Å²) in [5.41, 5.74) is 1.12. The first-order valence-electron chi connectivity index (χ1n) is 5.85. The zero-order valence-corrected chi connectivity index (χ0v) is 10.3. The van der Waals surface area contributed by atoms with E-state index in [1.807, 2.05) is 0 Å². The van der Waals surface area contributed by atoms with Crippen LogP contribution in [0.2, 0.25) is 0 Å². The van der Waals surface area contributed by atoms with Crippen LogP contribution in [0.5, 0.6) is 0 Å². The lowest BCUT2D eigenvalue weighted by Crippen LogP contribution is -2.10. The Hall–Kier alpha value is -2.96. The summed E-state index contributed by atoms with van der Waals surface area (Å²) < 4.78 is 1.53. The number of Topliss-reactive ketones (excluding diaryl/α,β-unsaturated/α-hetero) is 2. The van der Waals surface area contributed by atoms with E-state index in [0.717, 1.165) is 0 Å². The van der Waals surface area contributed by atoms with Gasteiger partial charge in [-0.3, -0.25) is 19.6 Å². The Bertz CT molecular complexity index is 782. The Balaban J connectivity index is 1.85. The average Bonchev–Trinajstić information content (AvgIpc) is 2.92. The highest BCUT2D eigenvalue weighted by atomic mass is 16.1. The number of rotatable bonds is 4. The number of ketones is 2. The third-order valence-corrected chi connectivity index (χ3v) is 2.80. The van der Waals surface area contributed by atoms with Crippen LogP contribution in [0, 0.1) is 0 Å². The van der Waals surface area contributed by atoms with Crippen LogP contribution >= 0.6 is 0 Å². The molecule has 3 aromatic heterocycles. The van der Waals surface area contributed by atoms with Gasteiger partial charge in [0.15, 0.2) is 11.6 Å².